The van der Waals surface area contributed by atoms with E-state index in [2.05, 4.69) is 28.3 Å². The van der Waals surface area contributed by atoms with Gasteiger partial charge < -0.3 is 10.2 Å². The molecule has 8 nitrogen and oxygen atoms in total. The highest BCUT2D eigenvalue weighted by molar-refractivity contribution is 7.89. The molecule has 37 heavy (non-hydrogen) atoms. The summed E-state index contributed by atoms with van der Waals surface area (Å²) in [6.07, 6.45) is 3.06. The lowest BCUT2D eigenvalue weighted by molar-refractivity contribution is 0.0947. The lowest BCUT2D eigenvalue weighted by Gasteiger charge is -2.34. The molecular formula is C26H30ClN5O3S2. The molecule has 0 radical (unpaired) electrons. The minimum absolute atomic E-state index is 0.127. The van der Waals surface area contributed by atoms with Crippen molar-refractivity contribution in [3.05, 3.63) is 78.4 Å². The number of rotatable bonds is 11. The van der Waals surface area contributed by atoms with Crippen LogP contribution in [0.5, 0.6) is 0 Å². The molecule has 0 atom stereocenters. The van der Waals surface area contributed by atoms with Crippen LogP contribution in [0.25, 0.3) is 10.2 Å². The van der Waals surface area contributed by atoms with Crippen LogP contribution in [-0.2, 0) is 10.0 Å². The molecule has 2 heterocycles. The summed E-state index contributed by atoms with van der Waals surface area (Å²) < 4.78 is 28.0. The van der Waals surface area contributed by atoms with Gasteiger partial charge >= 0.3 is 0 Å². The SMILES string of the molecule is C=CCN(CC=C)S(=O)(=O)c1ccc(C(=O)NCCN2CCN(c3nc4ccc(Cl)cc4s3)CC2)cc1. The maximum atomic E-state index is 12.8. The first-order valence-electron chi connectivity index (χ1n) is 12.0. The van der Waals surface area contributed by atoms with Gasteiger partial charge in [0.15, 0.2) is 5.13 Å². The Morgan fingerprint density at radius 3 is 2.41 bits per heavy atom. The topological polar surface area (TPSA) is 85.8 Å². The molecule has 196 valence electrons. The molecule has 0 unspecified atom stereocenters. The minimum Gasteiger partial charge on any atom is -0.351 e. The van der Waals surface area contributed by atoms with Crippen molar-refractivity contribution in [2.75, 3.05) is 57.3 Å². The predicted octanol–water partition coefficient (Wildman–Crippen LogP) is 3.86. The fourth-order valence-electron chi connectivity index (χ4n) is 4.10. The molecule has 1 fully saturated rings. The molecule has 0 aliphatic carbocycles. The summed E-state index contributed by atoms with van der Waals surface area (Å²) in [5, 5.41) is 4.65. The molecule has 0 bridgehead atoms. The van der Waals surface area contributed by atoms with Crippen LogP contribution in [0.4, 0.5) is 5.13 Å². The largest absolute Gasteiger partial charge is 0.351 e. The fourth-order valence-corrected chi connectivity index (χ4v) is 6.77. The average Bonchev–Trinajstić information content (AvgIpc) is 3.32. The quantitative estimate of drug-likeness (QED) is 0.359. The highest BCUT2D eigenvalue weighted by Crippen LogP contribution is 2.31. The van der Waals surface area contributed by atoms with E-state index in [1.54, 1.807) is 11.3 Å². The molecule has 1 aliphatic rings. The van der Waals surface area contributed by atoms with Crippen LogP contribution in [0, 0.1) is 0 Å². The van der Waals surface area contributed by atoms with Crippen molar-refractivity contribution in [1.82, 2.24) is 19.5 Å². The first kappa shape index (κ1) is 27.3. The van der Waals surface area contributed by atoms with E-state index in [9.17, 15) is 13.2 Å². The molecule has 11 heteroatoms. The fraction of sp³-hybridized carbons (Fsp3) is 0.308. The number of halogens is 1. The summed E-state index contributed by atoms with van der Waals surface area (Å²) in [7, 11) is -3.69. The number of benzene rings is 2. The second-order valence-corrected chi connectivity index (χ2v) is 12.0. The maximum absolute atomic E-state index is 12.8. The molecule has 1 aromatic heterocycles. The smallest absolute Gasteiger partial charge is 0.251 e. The molecule has 1 saturated heterocycles. The van der Waals surface area contributed by atoms with Gasteiger partial charge in [-0.3, -0.25) is 9.69 Å². The standard InChI is InChI=1S/C26H30ClN5O3S2/c1-3-12-32(13-4-2)37(34,35)22-8-5-20(6-9-22)25(33)28-11-14-30-15-17-31(18-16-30)26-29-23-10-7-21(27)19-24(23)36-26/h3-10,19H,1-2,11-18H2,(H,28,33). The molecule has 2 aromatic carbocycles. The lowest BCUT2D eigenvalue weighted by atomic mass is 10.2. The van der Waals surface area contributed by atoms with Crippen molar-refractivity contribution < 1.29 is 13.2 Å². The zero-order valence-electron chi connectivity index (χ0n) is 20.5. The summed E-state index contributed by atoms with van der Waals surface area (Å²) in [6, 6.07) is 11.7. The lowest BCUT2D eigenvalue weighted by Crippen LogP contribution is -2.48. The van der Waals surface area contributed by atoms with Gasteiger partial charge in [-0.05, 0) is 42.5 Å². The Morgan fingerprint density at radius 2 is 1.76 bits per heavy atom. The normalized spacial score (nSPS) is 14.7. The van der Waals surface area contributed by atoms with E-state index in [1.807, 2.05) is 18.2 Å². The Labute approximate surface area is 226 Å². The van der Waals surface area contributed by atoms with Gasteiger partial charge in [0.1, 0.15) is 0 Å². The third kappa shape index (κ3) is 6.58. The van der Waals surface area contributed by atoms with Crippen LogP contribution < -0.4 is 10.2 Å². The highest BCUT2D eigenvalue weighted by Gasteiger charge is 2.23. The third-order valence-electron chi connectivity index (χ3n) is 6.12. The number of hydrogen-bond acceptors (Lipinski definition) is 7. The molecule has 3 aromatic rings. The van der Waals surface area contributed by atoms with Crippen molar-refractivity contribution in [3.8, 4) is 0 Å². The summed E-state index contributed by atoms with van der Waals surface area (Å²) >= 11 is 7.75. The van der Waals surface area contributed by atoms with E-state index < -0.39 is 10.0 Å². The number of anilines is 1. The Morgan fingerprint density at radius 1 is 1.08 bits per heavy atom. The van der Waals surface area contributed by atoms with E-state index in [-0.39, 0.29) is 23.9 Å². The number of thiazole rings is 1. The van der Waals surface area contributed by atoms with Gasteiger partial charge in [0.05, 0.1) is 15.1 Å². The first-order chi connectivity index (χ1) is 17.8. The van der Waals surface area contributed by atoms with Crippen molar-refractivity contribution in [1.29, 1.82) is 0 Å². The van der Waals surface area contributed by atoms with Gasteiger partial charge in [-0.1, -0.05) is 35.1 Å². The second kappa shape index (κ2) is 12.2. The van der Waals surface area contributed by atoms with Gasteiger partial charge in [0.2, 0.25) is 10.0 Å². The van der Waals surface area contributed by atoms with E-state index in [4.69, 9.17) is 16.6 Å². The average molecular weight is 560 g/mol. The number of piperazine rings is 1. The number of sulfonamides is 1. The molecule has 1 aliphatic heterocycles. The van der Waals surface area contributed by atoms with E-state index in [1.165, 1.54) is 40.7 Å². The van der Waals surface area contributed by atoms with Crippen molar-refractivity contribution >= 4 is 54.2 Å². The van der Waals surface area contributed by atoms with Crippen LogP contribution in [0.15, 0.2) is 72.7 Å². The number of amides is 1. The molecule has 0 spiro atoms. The summed E-state index contributed by atoms with van der Waals surface area (Å²) in [5.41, 5.74) is 1.38. The Balaban J connectivity index is 1.25. The summed E-state index contributed by atoms with van der Waals surface area (Å²) in [6.45, 7) is 12.3. The van der Waals surface area contributed by atoms with Crippen molar-refractivity contribution in [3.63, 3.8) is 0 Å². The molecular weight excluding hydrogens is 530 g/mol. The van der Waals surface area contributed by atoms with Gasteiger partial charge in [-0.15, -0.1) is 13.2 Å². The number of carbonyl (C=O) groups excluding carboxylic acids is 1. The van der Waals surface area contributed by atoms with Gasteiger partial charge in [-0.25, -0.2) is 13.4 Å². The Kier molecular flexibility index (Phi) is 8.99. The number of hydrogen-bond donors (Lipinski definition) is 1. The van der Waals surface area contributed by atoms with Gasteiger partial charge in [0.25, 0.3) is 5.91 Å². The maximum Gasteiger partial charge on any atom is 0.251 e. The monoisotopic (exact) mass is 559 g/mol. The van der Waals surface area contributed by atoms with E-state index >= 15 is 0 Å². The van der Waals surface area contributed by atoms with Crippen LogP contribution in [0.1, 0.15) is 10.4 Å². The number of nitrogens with zero attached hydrogens (tertiary/aromatic N) is 4. The first-order valence-corrected chi connectivity index (χ1v) is 14.6. The molecule has 1 amide bonds. The van der Waals surface area contributed by atoms with Crippen LogP contribution in [-0.4, -0.2) is 80.9 Å². The highest BCUT2D eigenvalue weighted by atomic mass is 35.5. The Hall–Kier alpha value is -2.76. The number of carbonyl (C=O) groups is 1. The molecule has 0 saturated carbocycles. The minimum atomic E-state index is -3.69. The Bertz CT molecular complexity index is 1360. The van der Waals surface area contributed by atoms with Gasteiger partial charge in [-0.2, -0.15) is 4.31 Å². The number of nitrogens with one attached hydrogen (secondary N) is 1. The zero-order valence-corrected chi connectivity index (χ0v) is 22.9. The van der Waals surface area contributed by atoms with Crippen LogP contribution in [0.2, 0.25) is 5.02 Å². The predicted molar refractivity (Wildman–Crippen MR) is 151 cm³/mol. The van der Waals surface area contributed by atoms with E-state index in [0.29, 0.717) is 17.1 Å². The summed E-state index contributed by atoms with van der Waals surface area (Å²) in [4.78, 5) is 22.0. The number of aromatic nitrogens is 1. The second-order valence-electron chi connectivity index (χ2n) is 8.62. The number of fused-ring (bicyclic) bond motifs is 1. The zero-order chi connectivity index (χ0) is 26.4. The van der Waals surface area contributed by atoms with Crippen LogP contribution >= 0.6 is 22.9 Å². The summed E-state index contributed by atoms with van der Waals surface area (Å²) in [5.74, 6) is -0.232. The van der Waals surface area contributed by atoms with Crippen LogP contribution in [0.3, 0.4) is 0 Å². The van der Waals surface area contributed by atoms with Crippen molar-refractivity contribution in [2.24, 2.45) is 0 Å². The third-order valence-corrected chi connectivity index (χ3v) is 9.28. The molecule has 4 rings (SSSR count). The van der Waals surface area contributed by atoms with E-state index in [0.717, 1.165) is 48.1 Å². The van der Waals surface area contributed by atoms with Gasteiger partial charge in [0, 0.05) is 62.9 Å². The van der Waals surface area contributed by atoms with Crippen molar-refractivity contribution in [2.45, 2.75) is 4.90 Å². The molecule has 1 N–H and O–H groups in total.